The molecule has 2 atom stereocenters. The molecule has 0 amide bonds. The van der Waals surface area contributed by atoms with Gasteiger partial charge in [-0.25, -0.2) is 14.3 Å². The van der Waals surface area contributed by atoms with Crippen LogP contribution < -0.4 is 4.74 Å². The van der Waals surface area contributed by atoms with E-state index in [2.05, 4.69) is 15.1 Å². The summed E-state index contributed by atoms with van der Waals surface area (Å²) < 4.78 is 13.6. The van der Waals surface area contributed by atoms with Gasteiger partial charge in [-0.3, -0.25) is 0 Å². The number of ether oxygens (including phenoxy) is 2. The molecular formula is C30H38N4O5. The van der Waals surface area contributed by atoms with E-state index in [4.69, 9.17) is 9.47 Å². The van der Waals surface area contributed by atoms with E-state index in [1.54, 1.807) is 10.6 Å². The number of cyclic esters (lactones) is 1. The van der Waals surface area contributed by atoms with Gasteiger partial charge in [0, 0.05) is 23.9 Å². The zero-order chi connectivity index (χ0) is 27.7. The summed E-state index contributed by atoms with van der Waals surface area (Å²) in [4.78, 5) is 22.2. The number of benzene rings is 1. The van der Waals surface area contributed by atoms with E-state index >= 15 is 0 Å². The highest BCUT2D eigenvalue weighted by atomic mass is 16.5. The molecule has 1 saturated carbocycles. The van der Waals surface area contributed by atoms with Gasteiger partial charge in [0.1, 0.15) is 23.4 Å². The molecular weight excluding hydrogens is 496 g/mol. The van der Waals surface area contributed by atoms with Gasteiger partial charge in [-0.05, 0) is 82.1 Å². The first-order valence-electron chi connectivity index (χ1n) is 14.1. The number of phenolic OH excluding ortho intramolecular Hbond substituents is 1. The Morgan fingerprint density at radius 1 is 1.08 bits per heavy atom. The van der Waals surface area contributed by atoms with Crippen LogP contribution in [-0.4, -0.2) is 48.5 Å². The van der Waals surface area contributed by atoms with Crippen molar-refractivity contribution in [2.75, 3.05) is 6.61 Å². The zero-order valence-electron chi connectivity index (χ0n) is 23.2. The van der Waals surface area contributed by atoms with Crippen LogP contribution in [0.1, 0.15) is 74.3 Å². The number of fused-ring (bicyclic) bond motifs is 1. The molecule has 0 bridgehead atoms. The van der Waals surface area contributed by atoms with Gasteiger partial charge in [0.2, 0.25) is 0 Å². The molecule has 1 fully saturated rings. The van der Waals surface area contributed by atoms with Crippen LogP contribution in [0, 0.1) is 25.7 Å². The van der Waals surface area contributed by atoms with Gasteiger partial charge >= 0.3 is 5.97 Å². The average molecular weight is 535 g/mol. The quantitative estimate of drug-likeness (QED) is 0.363. The van der Waals surface area contributed by atoms with Crippen LogP contribution in [0.2, 0.25) is 0 Å². The van der Waals surface area contributed by atoms with Crippen LogP contribution in [-0.2, 0) is 28.8 Å². The predicted molar refractivity (Wildman–Crippen MR) is 146 cm³/mol. The summed E-state index contributed by atoms with van der Waals surface area (Å²) in [7, 11) is 0. The summed E-state index contributed by atoms with van der Waals surface area (Å²) in [5, 5.41) is 26.5. The minimum absolute atomic E-state index is 0.0732. The molecule has 0 saturated heterocycles. The van der Waals surface area contributed by atoms with Gasteiger partial charge in [0.25, 0.3) is 5.78 Å². The molecule has 0 radical (unpaired) electrons. The third kappa shape index (κ3) is 5.44. The standard InChI is InChI=1S/C30H38N4O5/c1-5-19-14-21(25(38-6-2)16-24(19)35)11-12-22-27(36)23(29(37)39-28(22)20-9-7-8-10-20)15-26-32-30-31-17(3)13-18(4)34(30)33-26/h13-14,16,20,22,28,35-36H,5-12,15H2,1-4H3. The van der Waals surface area contributed by atoms with Crippen molar-refractivity contribution in [3.05, 3.63) is 57.9 Å². The molecule has 0 spiro atoms. The van der Waals surface area contributed by atoms with E-state index in [1.165, 1.54) is 0 Å². The Hall–Kier alpha value is -3.62. The first-order valence-corrected chi connectivity index (χ1v) is 14.1. The van der Waals surface area contributed by atoms with Gasteiger partial charge in [-0.2, -0.15) is 4.98 Å². The van der Waals surface area contributed by atoms with Gasteiger partial charge in [0.05, 0.1) is 18.1 Å². The smallest absolute Gasteiger partial charge is 0.338 e. The number of nitrogens with zero attached hydrogens (tertiary/aromatic N) is 4. The fraction of sp³-hybridized carbons (Fsp3) is 0.533. The van der Waals surface area contributed by atoms with Crippen LogP contribution in [0.4, 0.5) is 0 Å². The van der Waals surface area contributed by atoms with Crippen molar-refractivity contribution in [3.63, 3.8) is 0 Å². The number of hydrogen-bond donors (Lipinski definition) is 2. The molecule has 208 valence electrons. The van der Waals surface area contributed by atoms with E-state index < -0.39 is 5.97 Å². The van der Waals surface area contributed by atoms with Crippen LogP contribution in [0.5, 0.6) is 11.5 Å². The third-order valence-corrected chi connectivity index (χ3v) is 8.08. The second-order valence-corrected chi connectivity index (χ2v) is 10.8. The van der Waals surface area contributed by atoms with Gasteiger partial charge in [0.15, 0.2) is 5.82 Å². The van der Waals surface area contributed by atoms with Crippen molar-refractivity contribution in [2.45, 2.75) is 85.2 Å². The fourth-order valence-electron chi connectivity index (χ4n) is 6.12. The topological polar surface area (TPSA) is 119 Å². The Labute approximate surface area is 228 Å². The minimum Gasteiger partial charge on any atom is -0.511 e. The molecule has 2 N–H and O–H groups in total. The number of carbonyl (C=O) groups is 1. The largest absolute Gasteiger partial charge is 0.511 e. The molecule has 2 unspecified atom stereocenters. The molecule has 3 aromatic rings. The molecule has 1 aliphatic heterocycles. The lowest BCUT2D eigenvalue weighted by Crippen LogP contribution is -2.40. The lowest BCUT2D eigenvalue weighted by molar-refractivity contribution is -0.154. The normalized spacial score (nSPS) is 20.2. The summed E-state index contributed by atoms with van der Waals surface area (Å²) in [5.41, 5.74) is 3.77. The number of esters is 1. The zero-order valence-corrected chi connectivity index (χ0v) is 23.2. The van der Waals surface area contributed by atoms with Crippen molar-refractivity contribution in [1.29, 1.82) is 0 Å². The van der Waals surface area contributed by atoms with E-state index in [0.717, 1.165) is 48.2 Å². The van der Waals surface area contributed by atoms with Crippen LogP contribution in [0.15, 0.2) is 29.5 Å². The number of hydrogen-bond acceptors (Lipinski definition) is 8. The van der Waals surface area contributed by atoms with E-state index in [-0.39, 0.29) is 41.4 Å². The summed E-state index contributed by atoms with van der Waals surface area (Å²) in [6, 6.07) is 5.59. The second-order valence-electron chi connectivity index (χ2n) is 10.8. The molecule has 5 rings (SSSR count). The number of phenols is 1. The lowest BCUT2D eigenvalue weighted by Gasteiger charge is -2.36. The molecule has 3 heterocycles. The Kier molecular flexibility index (Phi) is 7.77. The van der Waals surface area contributed by atoms with Gasteiger partial charge in [-0.15, -0.1) is 5.10 Å². The van der Waals surface area contributed by atoms with Crippen molar-refractivity contribution in [3.8, 4) is 11.5 Å². The Morgan fingerprint density at radius 3 is 2.56 bits per heavy atom. The van der Waals surface area contributed by atoms with Crippen molar-refractivity contribution < 1.29 is 24.5 Å². The number of rotatable bonds is 9. The maximum absolute atomic E-state index is 13.2. The summed E-state index contributed by atoms with van der Waals surface area (Å²) in [5.74, 6) is 1.23. The minimum atomic E-state index is -0.492. The van der Waals surface area contributed by atoms with Gasteiger partial charge in [-0.1, -0.05) is 19.8 Å². The molecule has 9 heteroatoms. The van der Waals surface area contributed by atoms with Crippen LogP contribution in [0.25, 0.3) is 5.78 Å². The number of aromatic hydroxyl groups is 1. The number of aliphatic hydroxyl groups excluding tert-OH is 1. The van der Waals surface area contributed by atoms with Gasteiger partial charge < -0.3 is 19.7 Å². The molecule has 2 aliphatic rings. The van der Waals surface area contributed by atoms with E-state index in [0.29, 0.717) is 43.2 Å². The number of aromatic nitrogens is 4. The summed E-state index contributed by atoms with van der Waals surface area (Å²) in [6.07, 6.45) is 5.77. The monoisotopic (exact) mass is 534 g/mol. The molecule has 1 aromatic carbocycles. The van der Waals surface area contributed by atoms with Crippen molar-refractivity contribution >= 4 is 11.7 Å². The summed E-state index contributed by atoms with van der Waals surface area (Å²) >= 11 is 0. The third-order valence-electron chi connectivity index (χ3n) is 8.08. The lowest BCUT2D eigenvalue weighted by atomic mass is 9.81. The average Bonchev–Trinajstić information content (AvgIpc) is 3.57. The first-order chi connectivity index (χ1) is 18.8. The summed E-state index contributed by atoms with van der Waals surface area (Å²) in [6.45, 7) is 8.23. The number of aliphatic hydroxyl groups is 1. The molecule has 1 aliphatic carbocycles. The fourth-order valence-corrected chi connectivity index (χ4v) is 6.12. The van der Waals surface area contributed by atoms with Crippen molar-refractivity contribution in [1.82, 2.24) is 19.6 Å². The predicted octanol–water partition coefficient (Wildman–Crippen LogP) is 5.13. The first kappa shape index (κ1) is 27.0. The SMILES string of the molecule is CCOc1cc(O)c(CC)cc1CCC1C(O)=C(Cc2nc3nc(C)cc(C)n3n2)C(=O)OC1C1CCCC1. The maximum Gasteiger partial charge on any atom is 0.338 e. The van der Waals surface area contributed by atoms with E-state index in [1.807, 2.05) is 39.8 Å². The molecule has 9 nitrogen and oxygen atoms in total. The maximum atomic E-state index is 13.2. The highest BCUT2D eigenvalue weighted by molar-refractivity contribution is 5.90. The van der Waals surface area contributed by atoms with E-state index in [9.17, 15) is 15.0 Å². The number of carbonyl (C=O) groups excluding carboxylic acids is 1. The van der Waals surface area contributed by atoms with Crippen LogP contribution >= 0.6 is 0 Å². The Balaban J connectivity index is 1.47. The van der Waals surface area contributed by atoms with Crippen LogP contribution in [0.3, 0.4) is 0 Å². The highest BCUT2D eigenvalue weighted by Crippen LogP contribution is 2.41. The van der Waals surface area contributed by atoms with Crippen molar-refractivity contribution in [2.24, 2.45) is 11.8 Å². The number of aryl methyl sites for hydroxylation is 4. The highest BCUT2D eigenvalue weighted by Gasteiger charge is 2.43. The second kappa shape index (κ2) is 11.2. The molecule has 2 aromatic heterocycles. The Bertz CT molecular complexity index is 1410. The molecule has 39 heavy (non-hydrogen) atoms. The Morgan fingerprint density at radius 2 is 1.85 bits per heavy atom.